The second kappa shape index (κ2) is 5.13. The fourth-order valence-corrected chi connectivity index (χ4v) is 1.97. The summed E-state index contributed by atoms with van der Waals surface area (Å²) in [5, 5.41) is 0. The van der Waals surface area contributed by atoms with Gasteiger partial charge in [0.05, 0.1) is 5.56 Å². The molecule has 0 aliphatic rings. The summed E-state index contributed by atoms with van der Waals surface area (Å²) in [6.07, 6.45) is -1.85. The molecule has 2 aromatic rings. The molecule has 2 nitrogen and oxygen atoms in total. The van der Waals surface area contributed by atoms with Crippen LogP contribution in [-0.2, 0) is 6.18 Å². The molecule has 98 valence electrons. The summed E-state index contributed by atoms with van der Waals surface area (Å²) in [4.78, 5) is 15.8. The summed E-state index contributed by atoms with van der Waals surface area (Å²) >= 11 is 3.07. The predicted octanol–water partition coefficient (Wildman–Crippen LogP) is 4.09. The van der Waals surface area contributed by atoms with E-state index in [4.69, 9.17) is 0 Å². The Labute approximate surface area is 115 Å². The number of carbonyl (C=O) groups is 1. The lowest BCUT2D eigenvalue weighted by molar-refractivity contribution is -0.137. The normalized spacial score (nSPS) is 11.4. The van der Waals surface area contributed by atoms with Gasteiger partial charge in [-0.15, -0.1) is 0 Å². The van der Waals surface area contributed by atoms with Crippen molar-refractivity contribution in [2.24, 2.45) is 0 Å². The van der Waals surface area contributed by atoms with E-state index in [9.17, 15) is 18.0 Å². The third-order valence-corrected chi connectivity index (χ3v) is 2.97. The van der Waals surface area contributed by atoms with Crippen molar-refractivity contribution in [3.8, 4) is 0 Å². The zero-order valence-corrected chi connectivity index (χ0v) is 11.0. The van der Waals surface area contributed by atoms with Gasteiger partial charge in [0.25, 0.3) is 0 Å². The SMILES string of the molecule is O=C(c1ccncc1)c1cc(Br)ccc1C(F)(F)F. The zero-order chi connectivity index (χ0) is 14.0. The molecule has 0 aliphatic carbocycles. The molecule has 1 aromatic carbocycles. The number of carbonyl (C=O) groups excluding carboxylic acids is 1. The van der Waals surface area contributed by atoms with Crippen LogP contribution >= 0.6 is 15.9 Å². The lowest BCUT2D eigenvalue weighted by atomic mass is 9.99. The number of hydrogen-bond donors (Lipinski definition) is 0. The lowest BCUT2D eigenvalue weighted by Crippen LogP contribution is -2.13. The highest BCUT2D eigenvalue weighted by molar-refractivity contribution is 9.10. The minimum absolute atomic E-state index is 0.165. The summed E-state index contributed by atoms with van der Waals surface area (Å²) < 4.78 is 39.0. The molecule has 1 aromatic heterocycles. The average Bonchev–Trinajstić information content (AvgIpc) is 2.37. The van der Waals surface area contributed by atoms with Gasteiger partial charge in [0, 0.05) is 28.0 Å². The second-order valence-electron chi connectivity index (χ2n) is 3.75. The molecule has 2 rings (SSSR count). The van der Waals surface area contributed by atoms with Gasteiger partial charge in [0.1, 0.15) is 0 Å². The molecule has 0 amide bonds. The van der Waals surface area contributed by atoms with E-state index in [1.807, 2.05) is 0 Å². The molecular weight excluding hydrogens is 323 g/mol. The number of alkyl halides is 3. The first-order chi connectivity index (χ1) is 8.89. The molecule has 6 heteroatoms. The summed E-state index contributed by atoms with van der Waals surface area (Å²) in [5.41, 5.74) is -1.16. The maximum Gasteiger partial charge on any atom is 0.417 e. The smallest absolute Gasteiger partial charge is 0.289 e. The highest BCUT2D eigenvalue weighted by Crippen LogP contribution is 2.34. The van der Waals surface area contributed by atoms with Crippen LogP contribution < -0.4 is 0 Å². The van der Waals surface area contributed by atoms with E-state index in [1.54, 1.807) is 0 Å². The fraction of sp³-hybridized carbons (Fsp3) is 0.0769. The van der Waals surface area contributed by atoms with Crippen molar-refractivity contribution in [2.45, 2.75) is 6.18 Å². The summed E-state index contributed by atoms with van der Waals surface area (Å²) in [5.74, 6) is -0.684. The Morgan fingerprint density at radius 1 is 1.11 bits per heavy atom. The van der Waals surface area contributed by atoms with Crippen LogP contribution in [0.25, 0.3) is 0 Å². The van der Waals surface area contributed by atoms with E-state index >= 15 is 0 Å². The first kappa shape index (κ1) is 13.7. The molecule has 0 atom stereocenters. The van der Waals surface area contributed by atoms with E-state index < -0.39 is 17.5 Å². The number of nitrogens with zero attached hydrogens (tertiary/aromatic N) is 1. The largest absolute Gasteiger partial charge is 0.417 e. The summed E-state index contributed by atoms with van der Waals surface area (Å²) in [6.45, 7) is 0. The molecule has 0 spiro atoms. The van der Waals surface area contributed by atoms with E-state index in [-0.39, 0.29) is 11.1 Å². The first-order valence-corrected chi connectivity index (χ1v) is 6.00. The molecule has 0 N–H and O–H groups in total. The van der Waals surface area contributed by atoms with Gasteiger partial charge in [-0.05, 0) is 30.3 Å². The molecule has 19 heavy (non-hydrogen) atoms. The van der Waals surface area contributed by atoms with E-state index in [2.05, 4.69) is 20.9 Å². The Morgan fingerprint density at radius 2 is 1.74 bits per heavy atom. The number of ketones is 1. The van der Waals surface area contributed by atoms with Crippen LogP contribution in [0.5, 0.6) is 0 Å². The Bertz CT molecular complexity index is 611. The predicted molar refractivity (Wildman–Crippen MR) is 66.8 cm³/mol. The third-order valence-electron chi connectivity index (χ3n) is 2.47. The molecule has 0 unspecified atom stereocenters. The van der Waals surface area contributed by atoms with Crippen LogP contribution in [0, 0.1) is 0 Å². The maximum atomic E-state index is 12.9. The molecule has 1 heterocycles. The van der Waals surface area contributed by atoms with Gasteiger partial charge in [0.2, 0.25) is 0 Å². The van der Waals surface area contributed by atoms with Crippen LogP contribution in [0.15, 0.2) is 47.2 Å². The quantitative estimate of drug-likeness (QED) is 0.776. The molecule has 0 fully saturated rings. The Hall–Kier alpha value is -1.69. The zero-order valence-electron chi connectivity index (χ0n) is 9.41. The van der Waals surface area contributed by atoms with Gasteiger partial charge in [-0.25, -0.2) is 0 Å². The van der Waals surface area contributed by atoms with Gasteiger partial charge >= 0.3 is 6.18 Å². The van der Waals surface area contributed by atoms with Crippen LogP contribution in [-0.4, -0.2) is 10.8 Å². The molecule has 0 radical (unpaired) electrons. The topological polar surface area (TPSA) is 30.0 Å². The minimum Gasteiger partial charge on any atom is -0.289 e. The monoisotopic (exact) mass is 329 g/mol. The van der Waals surface area contributed by atoms with Crippen LogP contribution in [0.3, 0.4) is 0 Å². The standard InChI is InChI=1S/C13H7BrF3NO/c14-9-1-2-11(13(15,16)17)10(7-9)12(19)8-3-5-18-6-4-8/h1-7H. The third kappa shape index (κ3) is 3.01. The van der Waals surface area contributed by atoms with Gasteiger partial charge < -0.3 is 0 Å². The van der Waals surface area contributed by atoms with Gasteiger partial charge in [0.15, 0.2) is 5.78 Å². The van der Waals surface area contributed by atoms with E-state index in [0.717, 1.165) is 6.07 Å². The Kier molecular flexibility index (Phi) is 3.71. The van der Waals surface area contributed by atoms with Gasteiger partial charge in [-0.2, -0.15) is 13.2 Å². The highest BCUT2D eigenvalue weighted by Gasteiger charge is 2.35. The average molecular weight is 330 g/mol. The number of aromatic nitrogens is 1. The molecular formula is C13H7BrF3NO. The van der Waals surface area contributed by atoms with Crippen molar-refractivity contribution >= 4 is 21.7 Å². The molecule has 0 aliphatic heterocycles. The lowest BCUT2D eigenvalue weighted by Gasteiger charge is -2.12. The van der Waals surface area contributed by atoms with Crippen LogP contribution in [0.4, 0.5) is 13.2 Å². The number of halogens is 4. The molecule has 0 saturated heterocycles. The van der Waals surface area contributed by atoms with E-state index in [0.29, 0.717) is 4.47 Å². The van der Waals surface area contributed by atoms with Crippen molar-refractivity contribution in [2.75, 3.05) is 0 Å². The first-order valence-electron chi connectivity index (χ1n) is 5.21. The fourth-order valence-electron chi connectivity index (χ4n) is 1.61. The Balaban J connectivity index is 2.56. The van der Waals surface area contributed by atoms with Crippen molar-refractivity contribution in [1.82, 2.24) is 4.98 Å². The number of hydrogen-bond acceptors (Lipinski definition) is 2. The molecule has 0 saturated carbocycles. The van der Waals surface area contributed by atoms with Crippen LogP contribution in [0.1, 0.15) is 21.5 Å². The maximum absolute atomic E-state index is 12.9. The van der Waals surface area contributed by atoms with Gasteiger partial charge in [-0.3, -0.25) is 9.78 Å². The summed E-state index contributed by atoms with van der Waals surface area (Å²) in [7, 11) is 0. The van der Waals surface area contributed by atoms with Crippen molar-refractivity contribution in [3.05, 3.63) is 63.9 Å². The molecule has 0 bridgehead atoms. The second-order valence-corrected chi connectivity index (χ2v) is 4.67. The van der Waals surface area contributed by atoms with Gasteiger partial charge in [-0.1, -0.05) is 15.9 Å². The van der Waals surface area contributed by atoms with Crippen molar-refractivity contribution in [1.29, 1.82) is 0 Å². The Morgan fingerprint density at radius 3 is 2.32 bits per heavy atom. The van der Waals surface area contributed by atoms with Crippen molar-refractivity contribution < 1.29 is 18.0 Å². The number of rotatable bonds is 2. The van der Waals surface area contributed by atoms with Crippen molar-refractivity contribution in [3.63, 3.8) is 0 Å². The van der Waals surface area contributed by atoms with Crippen LogP contribution in [0.2, 0.25) is 0 Å². The minimum atomic E-state index is -4.57. The number of benzene rings is 1. The highest BCUT2D eigenvalue weighted by atomic mass is 79.9. The number of pyridine rings is 1. The van der Waals surface area contributed by atoms with E-state index in [1.165, 1.54) is 36.7 Å². The summed E-state index contributed by atoms with van der Waals surface area (Å²) in [6, 6.07) is 6.07.